The highest BCUT2D eigenvalue weighted by atomic mass is 16.6. The molecule has 3 rings (SSSR count). The van der Waals surface area contributed by atoms with E-state index in [2.05, 4.69) is 12.2 Å². The van der Waals surface area contributed by atoms with Gasteiger partial charge < -0.3 is 14.8 Å². The fourth-order valence-corrected chi connectivity index (χ4v) is 2.69. The molecule has 4 nitrogen and oxygen atoms in total. The Balaban J connectivity index is 1.99. The predicted molar refractivity (Wildman–Crippen MR) is 67.0 cm³/mol. The number of fused-ring (bicyclic) bond motifs is 1. The van der Waals surface area contributed by atoms with Crippen molar-refractivity contribution in [3.05, 3.63) is 23.8 Å². The van der Waals surface area contributed by atoms with Crippen LogP contribution in [0.2, 0.25) is 0 Å². The van der Waals surface area contributed by atoms with Gasteiger partial charge in [-0.2, -0.15) is 0 Å². The van der Waals surface area contributed by atoms with Crippen LogP contribution in [-0.4, -0.2) is 25.2 Å². The highest BCUT2D eigenvalue weighted by molar-refractivity contribution is 5.81. The molecule has 4 heteroatoms. The molecule has 2 unspecified atom stereocenters. The zero-order valence-corrected chi connectivity index (χ0v) is 10.7. The summed E-state index contributed by atoms with van der Waals surface area (Å²) in [6.07, 6.45) is 0.522. The Morgan fingerprint density at radius 1 is 1.28 bits per heavy atom. The van der Waals surface area contributed by atoms with E-state index >= 15 is 0 Å². The summed E-state index contributed by atoms with van der Waals surface area (Å²) in [6.45, 7) is 5.34. The molecule has 0 aliphatic carbocycles. The maximum absolute atomic E-state index is 11.6. The van der Waals surface area contributed by atoms with E-state index in [9.17, 15) is 4.79 Å². The highest BCUT2D eigenvalue weighted by Gasteiger charge is 2.42. The number of carbonyl (C=O) groups excluding carboxylic acids is 1. The molecule has 2 aliphatic rings. The van der Waals surface area contributed by atoms with Crippen LogP contribution < -0.4 is 14.8 Å². The third-order valence-electron chi connectivity index (χ3n) is 4.06. The van der Waals surface area contributed by atoms with Gasteiger partial charge in [-0.3, -0.25) is 4.79 Å². The number of ether oxygens (including phenoxy) is 2. The molecule has 0 aromatic heterocycles. The van der Waals surface area contributed by atoms with Gasteiger partial charge in [-0.05, 0) is 24.6 Å². The lowest BCUT2D eigenvalue weighted by atomic mass is 9.76. The zero-order chi connectivity index (χ0) is 12.8. The summed E-state index contributed by atoms with van der Waals surface area (Å²) in [5, 5.41) is 2.97. The summed E-state index contributed by atoms with van der Waals surface area (Å²) >= 11 is 0. The Kier molecular flexibility index (Phi) is 2.47. The van der Waals surface area contributed by atoms with E-state index in [1.165, 1.54) is 0 Å². The minimum Gasteiger partial charge on any atom is -0.486 e. The molecule has 0 radical (unpaired) electrons. The molecule has 2 atom stereocenters. The van der Waals surface area contributed by atoms with Gasteiger partial charge in [0.05, 0.1) is 0 Å². The third kappa shape index (κ3) is 1.64. The van der Waals surface area contributed by atoms with Crippen LogP contribution in [0.15, 0.2) is 18.2 Å². The number of benzene rings is 1. The fraction of sp³-hybridized carbons (Fsp3) is 0.500. The van der Waals surface area contributed by atoms with E-state index in [4.69, 9.17) is 9.47 Å². The van der Waals surface area contributed by atoms with Crippen LogP contribution >= 0.6 is 0 Å². The van der Waals surface area contributed by atoms with Gasteiger partial charge in [0.15, 0.2) is 11.5 Å². The topological polar surface area (TPSA) is 47.6 Å². The van der Waals surface area contributed by atoms with E-state index in [0.717, 1.165) is 17.1 Å². The second-order valence-electron chi connectivity index (χ2n) is 5.24. The van der Waals surface area contributed by atoms with Gasteiger partial charge in [-0.25, -0.2) is 0 Å². The number of rotatable bonds is 1. The van der Waals surface area contributed by atoms with Crippen molar-refractivity contribution in [1.82, 2.24) is 5.32 Å². The minimum absolute atomic E-state index is 0.111. The maximum atomic E-state index is 11.6. The van der Waals surface area contributed by atoms with Gasteiger partial charge in [-0.15, -0.1) is 0 Å². The van der Waals surface area contributed by atoms with Crippen molar-refractivity contribution in [2.45, 2.75) is 31.7 Å². The first kappa shape index (κ1) is 11.4. The SMILES string of the molecule is CC1NC(=O)CC1(C)c1ccc2c(c1)OCCO2. The van der Waals surface area contributed by atoms with Crippen LogP contribution in [0.3, 0.4) is 0 Å². The van der Waals surface area contributed by atoms with Crippen molar-refractivity contribution in [2.75, 3.05) is 13.2 Å². The van der Waals surface area contributed by atoms with Crippen LogP contribution in [0.5, 0.6) is 11.5 Å². The number of hydrogen-bond acceptors (Lipinski definition) is 3. The Morgan fingerprint density at radius 3 is 2.67 bits per heavy atom. The molecule has 96 valence electrons. The summed E-state index contributed by atoms with van der Waals surface area (Å²) in [7, 11) is 0. The fourth-order valence-electron chi connectivity index (χ4n) is 2.69. The molecule has 2 heterocycles. The lowest BCUT2D eigenvalue weighted by Crippen LogP contribution is -2.35. The lowest BCUT2D eigenvalue weighted by Gasteiger charge is -2.29. The number of carbonyl (C=O) groups is 1. The molecule has 1 saturated heterocycles. The monoisotopic (exact) mass is 247 g/mol. The van der Waals surface area contributed by atoms with Crippen molar-refractivity contribution in [2.24, 2.45) is 0 Å². The first-order valence-corrected chi connectivity index (χ1v) is 6.29. The van der Waals surface area contributed by atoms with Crippen molar-refractivity contribution in [1.29, 1.82) is 0 Å². The van der Waals surface area contributed by atoms with Crippen molar-refractivity contribution < 1.29 is 14.3 Å². The summed E-state index contributed by atoms with van der Waals surface area (Å²) in [6, 6.07) is 6.10. The van der Waals surface area contributed by atoms with Crippen LogP contribution in [0.25, 0.3) is 0 Å². The molecule has 0 spiro atoms. The van der Waals surface area contributed by atoms with Crippen LogP contribution in [-0.2, 0) is 10.2 Å². The summed E-state index contributed by atoms with van der Waals surface area (Å²) in [4.78, 5) is 11.6. The number of hydrogen-bond donors (Lipinski definition) is 1. The predicted octanol–water partition coefficient (Wildman–Crippen LogP) is 1.62. The summed E-state index contributed by atoms with van der Waals surface area (Å²) < 4.78 is 11.1. The molecular formula is C14H17NO3. The summed E-state index contributed by atoms with van der Waals surface area (Å²) in [5.74, 6) is 1.69. The van der Waals surface area contributed by atoms with E-state index in [-0.39, 0.29) is 17.4 Å². The Morgan fingerprint density at radius 2 is 2.00 bits per heavy atom. The maximum Gasteiger partial charge on any atom is 0.221 e. The highest BCUT2D eigenvalue weighted by Crippen LogP contribution is 2.40. The molecule has 2 aliphatic heterocycles. The first-order chi connectivity index (χ1) is 8.59. The molecule has 1 fully saturated rings. The van der Waals surface area contributed by atoms with E-state index in [1.807, 2.05) is 25.1 Å². The van der Waals surface area contributed by atoms with Gasteiger partial charge in [0.25, 0.3) is 0 Å². The van der Waals surface area contributed by atoms with Gasteiger partial charge in [0.2, 0.25) is 5.91 Å². The van der Waals surface area contributed by atoms with Crippen LogP contribution in [0.4, 0.5) is 0 Å². The largest absolute Gasteiger partial charge is 0.486 e. The van der Waals surface area contributed by atoms with Gasteiger partial charge in [0, 0.05) is 17.9 Å². The second-order valence-corrected chi connectivity index (χ2v) is 5.24. The average molecular weight is 247 g/mol. The molecular weight excluding hydrogens is 230 g/mol. The van der Waals surface area contributed by atoms with Gasteiger partial charge in [-0.1, -0.05) is 13.0 Å². The molecule has 1 amide bonds. The second kappa shape index (κ2) is 3.90. The van der Waals surface area contributed by atoms with Crippen LogP contribution in [0.1, 0.15) is 25.8 Å². The van der Waals surface area contributed by atoms with E-state index in [1.54, 1.807) is 0 Å². The first-order valence-electron chi connectivity index (χ1n) is 6.29. The van der Waals surface area contributed by atoms with Crippen molar-refractivity contribution in [3.8, 4) is 11.5 Å². The average Bonchev–Trinajstić information content (AvgIpc) is 2.63. The van der Waals surface area contributed by atoms with E-state index < -0.39 is 0 Å². The Hall–Kier alpha value is -1.71. The molecule has 1 N–H and O–H groups in total. The smallest absolute Gasteiger partial charge is 0.221 e. The molecule has 0 saturated carbocycles. The van der Waals surface area contributed by atoms with E-state index in [0.29, 0.717) is 19.6 Å². The Bertz CT molecular complexity index is 500. The van der Waals surface area contributed by atoms with Crippen LogP contribution in [0, 0.1) is 0 Å². The quantitative estimate of drug-likeness (QED) is 0.820. The molecule has 1 aromatic carbocycles. The standard InChI is InChI=1S/C14H17NO3/c1-9-14(2,8-13(16)15-9)10-3-4-11-12(7-10)18-6-5-17-11/h3-4,7,9H,5-6,8H2,1-2H3,(H,15,16). The van der Waals surface area contributed by atoms with Crippen molar-refractivity contribution >= 4 is 5.91 Å². The van der Waals surface area contributed by atoms with Gasteiger partial charge in [0.1, 0.15) is 13.2 Å². The molecule has 0 bridgehead atoms. The van der Waals surface area contributed by atoms with Crippen molar-refractivity contribution in [3.63, 3.8) is 0 Å². The Labute approximate surface area is 106 Å². The molecule has 18 heavy (non-hydrogen) atoms. The lowest BCUT2D eigenvalue weighted by molar-refractivity contribution is -0.119. The zero-order valence-electron chi connectivity index (χ0n) is 10.7. The van der Waals surface area contributed by atoms with Gasteiger partial charge >= 0.3 is 0 Å². The normalized spacial score (nSPS) is 30.1. The number of nitrogens with one attached hydrogen (secondary N) is 1. The summed E-state index contributed by atoms with van der Waals surface area (Å²) in [5.41, 5.74) is 0.949. The third-order valence-corrected chi connectivity index (χ3v) is 4.06. The minimum atomic E-state index is -0.174. The number of amides is 1. The molecule has 1 aromatic rings.